The van der Waals surface area contributed by atoms with E-state index in [-0.39, 0.29) is 29.4 Å². The summed E-state index contributed by atoms with van der Waals surface area (Å²) in [6, 6.07) is 25.9. The molecule has 1 N–H and O–H groups in total. The number of nitrogens with one attached hydrogen (secondary N) is 1. The average Bonchev–Trinajstić information content (AvgIpc) is 3.63. The number of hydrogen-bond donors (Lipinski definition) is 1. The van der Waals surface area contributed by atoms with Crippen molar-refractivity contribution in [2.24, 2.45) is 0 Å². The molecule has 0 fully saturated rings. The van der Waals surface area contributed by atoms with Gasteiger partial charge in [-0.05, 0) is 41.6 Å². The Balaban J connectivity index is 1.51. The highest BCUT2D eigenvalue weighted by Crippen LogP contribution is 2.49. The lowest BCUT2D eigenvalue weighted by Gasteiger charge is -2.23. The van der Waals surface area contributed by atoms with Gasteiger partial charge in [-0.1, -0.05) is 60.7 Å². The number of hydrogen-bond acceptors (Lipinski definition) is 6. The number of nitrogens with zero attached hydrogens (tertiary/aromatic N) is 4. The second-order valence-electron chi connectivity index (χ2n) is 9.47. The van der Waals surface area contributed by atoms with Crippen molar-refractivity contribution in [1.82, 2.24) is 20.1 Å². The first-order valence-electron chi connectivity index (χ1n) is 13.0. The molecule has 2 amide bonds. The van der Waals surface area contributed by atoms with Gasteiger partial charge in [0.25, 0.3) is 0 Å². The van der Waals surface area contributed by atoms with E-state index in [9.17, 15) is 9.59 Å². The van der Waals surface area contributed by atoms with E-state index >= 15 is 0 Å². The summed E-state index contributed by atoms with van der Waals surface area (Å²) in [5.41, 5.74) is 5.48. The lowest BCUT2D eigenvalue weighted by atomic mass is 10.0. The van der Waals surface area contributed by atoms with E-state index in [1.54, 1.807) is 40.4 Å². The Morgan fingerprint density at radius 3 is 2.60 bits per heavy atom. The summed E-state index contributed by atoms with van der Waals surface area (Å²) >= 11 is 3.24. The zero-order valence-electron chi connectivity index (χ0n) is 21.9. The van der Waals surface area contributed by atoms with Crippen LogP contribution < -0.4 is 10.2 Å². The number of benzene rings is 2. The molecule has 2 aromatic carbocycles. The molecule has 0 bridgehead atoms. The molecule has 0 aliphatic carbocycles. The highest BCUT2D eigenvalue weighted by atomic mass is 32.2. The van der Waals surface area contributed by atoms with Gasteiger partial charge in [-0.3, -0.25) is 19.5 Å². The Morgan fingerprint density at radius 1 is 1.02 bits per heavy atom. The van der Waals surface area contributed by atoms with Crippen LogP contribution in [0.3, 0.4) is 0 Å². The molecule has 0 radical (unpaired) electrons. The molecule has 0 saturated heterocycles. The summed E-state index contributed by atoms with van der Waals surface area (Å²) in [4.78, 5) is 34.0. The molecule has 0 saturated carbocycles. The number of thioether (sulfide) groups is 1. The standard InChI is InChI=1S/C31H27N5O2S2/c1-21-9-5-6-13-24(21)36-31-28(29(34-36)23-11-3-2-4-12-23)30(25-14-8-16-39-25)40-20-27(38)35(31)19-26(37)33-18-22-10-7-15-32-17-22/h2-17,30H,18-20H2,1H3,(H,33,37). The Kier molecular flexibility index (Phi) is 7.48. The fraction of sp³-hybridized carbons (Fsp3) is 0.161. The van der Waals surface area contributed by atoms with Gasteiger partial charge in [0, 0.05) is 34.9 Å². The van der Waals surface area contributed by atoms with E-state index in [1.165, 1.54) is 0 Å². The number of carbonyl (C=O) groups is 2. The lowest BCUT2D eigenvalue weighted by molar-refractivity contribution is -0.123. The van der Waals surface area contributed by atoms with Crippen molar-refractivity contribution >= 4 is 40.7 Å². The van der Waals surface area contributed by atoms with E-state index in [0.717, 1.165) is 38.5 Å². The van der Waals surface area contributed by atoms with E-state index in [2.05, 4.69) is 21.7 Å². The number of fused-ring (bicyclic) bond motifs is 1. The minimum atomic E-state index is -0.249. The Hall–Kier alpha value is -4.21. The van der Waals surface area contributed by atoms with Gasteiger partial charge in [0.1, 0.15) is 12.4 Å². The smallest absolute Gasteiger partial charge is 0.240 e. The molecule has 1 unspecified atom stereocenters. The maximum Gasteiger partial charge on any atom is 0.240 e. The van der Waals surface area contributed by atoms with Gasteiger partial charge in [0.15, 0.2) is 0 Å². The fourth-order valence-electron chi connectivity index (χ4n) is 4.87. The Bertz CT molecular complexity index is 1640. The fourth-order valence-corrected chi connectivity index (χ4v) is 7.04. The van der Waals surface area contributed by atoms with E-state index in [4.69, 9.17) is 5.10 Å². The molecule has 3 aromatic heterocycles. The number of carbonyl (C=O) groups excluding carboxylic acids is 2. The highest BCUT2D eigenvalue weighted by molar-refractivity contribution is 8.00. The summed E-state index contributed by atoms with van der Waals surface area (Å²) < 4.78 is 1.85. The first-order chi connectivity index (χ1) is 19.6. The van der Waals surface area contributed by atoms with E-state index in [1.807, 2.05) is 84.4 Å². The van der Waals surface area contributed by atoms with Crippen molar-refractivity contribution in [3.8, 4) is 16.9 Å². The maximum atomic E-state index is 13.8. The topological polar surface area (TPSA) is 80.1 Å². The number of rotatable bonds is 7. The van der Waals surface area contributed by atoms with Crippen LogP contribution in [0, 0.1) is 6.92 Å². The van der Waals surface area contributed by atoms with Crippen LogP contribution in [0.5, 0.6) is 0 Å². The van der Waals surface area contributed by atoms with Gasteiger partial charge in [-0.2, -0.15) is 5.10 Å². The third kappa shape index (κ3) is 5.17. The number of amides is 2. The predicted molar refractivity (Wildman–Crippen MR) is 161 cm³/mol. The van der Waals surface area contributed by atoms with Gasteiger partial charge >= 0.3 is 0 Å². The summed E-state index contributed by atoms with van der Waals surface area (Å²) in [7, 11) is 0. The molecule has 40 heavy (non-hydrogen) atoms. The molecule has 1 atom stereocenters. The number of pyridine rings is 1. The van der Waals surface area contributed by atoms with Crippen LogP contribution >= 0.6 is 23.1 Å². The first kappa shape index (κ1) is 26.0. The number of thiophene rings is 1. The average molecular weight is 566 g/mol. The molecule has 7 nitrogen and oxygen atoms in total. The molecule has 9 heteroatoms. The van der Waals surface area contributed by atoms with Crippen LogP contribution in [0.2, 0.25) is 0 Å². The molecule has 5 aromatic rings. The van der Waals surface area contributed by atoms with Crippen molar-refractivity contribution in [1.29, 1.82) is 0 Å². The second kappa shape index (κ2) is 11.5. The Labute approximate surface area is 240 Å². The number of aromatic nitrogens is 3. The van der Waals surface area contributed by atoms with Crippen LogP contribution in [0.25, 0.3) is 16.9 Å². The monoisotopic (exact) mass is 565 g/mol. The summed E-state index contributed by atoms with van der Waals surface area (Å²) in [5.74, 6) is 0.505. The van der Waals surface area contributed by atoms with Crippen LogP contribution in [0.15, 0.2) is 96.6 Å². The molecule has 6 rings (SSSR count). The summed E-state index contributed by atoms with van der Waals surface area (Å²) in [6.07, 6.45) is 3.42. The highest BCUT2D eigenvalue weighted by Gasteiger charge is 2.38. The normalized spacial score (nSPS) is 15.0. The molecule has 4 heterocycles. The van der Waals surface area contributed by atoms with Crippen molar-refractivity contribution in [3.05, 3.63) is 118 Å². The molecule has 1 aliphatic rings. The molecule has 200 valence electrons. The largest absolute Gasteiger partial charge is 0.350 e. The zero-order valence-corrected chi connectivity index (χ0v) is 23.5. The quantitative estimate of drug-likeness (QED) is 0.270. The Morgan fingerprint density at radius 2 is 1.85 bits per heavy atom. The maximum absolute atomic E-state index is 13.8. The van der Waals surface area contributed by atoms with Gasteiger partial charge in [0.2, 0.25) is 11.8 Å². The van der Waals surface area contributed by atoms with Gasteiger partial charge in [-0.15, -0.1) is 23.1 Å². The van der Waals surface area contributed by atoms with Gasteiger partial charge < -0.3 is 5.32 Å². The SMILES string of the molecule is Cc1ccccc1-n1nc(-c2ccccc2)c2c1N(CC(=O)NCc1cccnc1)C(=O)CSC2c1cccs1. The van der Waals surface area contributed by atoms with Gasteiger partial charge in [-0.25, -0.2) is 4.68 Å². The number of para-hydroxylation sites is 1. The first-order valence-corrected chi connectivity index (χ1v) is 14.9. The summed E-state index contributed by atoms with van der Waals surface area (Å²) in [5, 5.41) is 10.1. The minimum absolute atomic E-state index is 0.115. The van der Waals surface area contributed by atoms with E-state index < -0.39 is 0 Å². The molecular formula is C31H27N5O2S2. The van der Waals surface area contributed by atoms with E-state index in [0.29, 0.717) is 12.4 Å². The molecule has 1 aliphatic heterocycles. The number of aryl methyl sites for hydroxylation is 1. The summed E-state index contributed by atoms with van der Waals surface area (Å²) in [6.45, 7) is 2.25. The third-order valence-electron chi connectivity index (χ3n) is 6.80. The van der Waals surface area contributed by atoms with Crippen LogP contribution in [-0.2, 0) is 16.1 Å². The van der Waals surface area contributed by atoms with Crippen LogP contribution in [0.1, 0.15) is 26.8 Å². The van der Waals surface area contributed by atoms with Crippen LogP contribution in [-0.4, -0.2) is 38.9 Å². The number of anilines is 1. The minimum Gasteiger partial charge on any atom is -0.350 e. The van der Waals surface area contributed by atoms with Gasteiger partial charge in [0.05, 0.1) is 22.4 Å². The van der Waals surface area contributed by atoms with Crippen molar-refractivity contribution in [2.75, 3.05) is 17.2 Å². The predicted octanol–water partition coefficient (Wildman–Crippen LogP) is 5.79. The zero-order chi connectivity index (χ0) is 27.5. The van der Waals surface area contributed by atoms with Crippen molar-refractivity contribution in [2.45, 2.75) is 18.7 Å². The lowest BCUT2D eigenvalue weighted by Crippen LogP contribution is -2.42. The third-order valence-corrected chi connectivity index (χ3v) is 9.12. The molecule has 0 spiro atoms. The molecular weight excluding hydrogens is 539 g/mol. The van der Waals surface area contributed by atoms with Crippen molar-refractivity contribution in [3.63, 3.8) is 0 Å². The second-order valence-corrected chi connectivity index (χ2v) is 11.5. The van der Waals surface area contributed by atoms with Crippen molar-refractivity contribution < 1.29 is 9.59 Å². The van der Waals surface area contributed by atoms with Crippen LogP contribution in [0.4, 0.5) is 5.82 Å².